The number of unbranched alkanes of at least 4 members (excludes halogenated alkanes) is 1. The number of hydrogen-bond donors (Lipinski definition) is 1. The van der Waals surface area contributed by atoms with Crippen LogP contribution in [0.5, 0.6) is 0 Å². The van der Waals surface area contributed by atoms with Crippen molar-refractivity contribution >= 4 is 0 Å². The molecule has 0 radical (unpaired) electrons. The predicted octanol–water partition coefficient (Wildman–Crippen LogP) is 2.03. The summed E-state index contributed by atoms with van der Waals surface area (Å²) in [6, 6.07) is 0. The molecule has 0 atom stereocenters. The minimum atomic E-state index is 1.10. The van der Waals surface area contributed by atoms with E-state index in [-0.39, 0.29) is 0 Å². The van der Waals surface area contributed by atoms with Crippen LogP contribution in [0.15, 0.2) is 11.6 Å². The van der Waals surface area contributed by atoms with E-state index in [1.807, 2.05) is 0 Å². The summed E-state index contributed by atoms with van der Waals surface area (Å²) in [6.45, 7) is 10.4. The van der Waals surface area contributed by atoms with Crippen molar-refractivity contribution in [1.82, 2.24) is 10.2 Å². The molecule has 0 bridgehead atoms. The maximum absolute atomic E-state index is 3.36. The third-order valence-corrected chi connectivity index (χ3v) is 2.74. The molecule has 1 aliphatic heterocycles. The Hall–Kier alpha value is -0.340. The zero-order valence-corrected chi connectivity index (χ0v) is 9.68. The average Bonchev–Trinajstić information content (AvgIpc) is 2.18. The summed E-state index contributed by atoms with van der Waals surface area (Å²) in [5.41, 5.74) is 1.54. The second kappa shape index (κ2) is 7.02. The Balaban J connectivity index is 1.99. The Bertz CT molecular complexity index is 175. The van der Waals surface area contributed by atoms with Gasteiger partial charge in [0.2, 0.25) is 0 Å². The number of rotatable bonds is 6. The van der Waals surface area contributed by atoms with E-state index in [0.29, 0.717) is 0 Å². The van der Waals surface area contributed by atoms with E-state index >= 15 is 0 Å². The van der Waals surface area contributed by atoms with Crippen molar-refractivity contribution in [2.45, 2.75) is 33.1 Å². The van der Waals surface area contributed by atoms with Crippen LogP contribution in [0.2, 0.25) is 0 Å². The van der Waals surface area contributed by atoms with E-state index in [1.54, 1.807) is 5.57 Å². The molecule has 0 spiro atoms. The minimum absolute atomic E-state index is 1.10. The van der Waals surface area contributed by atoms with Crippen LogP contribution in [0.4, 0.5) is 0 Å². The first-order chi connectivity index (χ1) is 6.83. The van der Waals surface area contributed by atoms with Gasteiger partial charge in [0.1, 0.15) is 0 Å². The lowest BCUT2D eigenvalue weighted by atomic mass is 10.1. The molecule has 0 fully saturated rings. The molecule has 14 heavy (non-hydrogen) atoms. The largest absolute Gasteiger partial charge is 0.317 e. The van der Waals surface area contributed by atoms with Crippen LogP contribution in [-0.4, -0.2) is 37.6 Å². The highest BCUT2D eigenvalue weighted by molar-refractivity contribution is 5.04. The van der Waals surface area contributed by atoms with Crippen molar-refractivity contribution in [3.05, 3.63) is 11.6 Å². The quantitative estimate of drug-likeness (QED) is 0.516. The molecular weight excluding hydrogens is 172 g/mol. The van der Waals surface area contributed by atoms with E-state index in [1.165, 1.54) is 45.4 Å². The van der Waals surface area contributed by atoms with E-state index in [9.17, 15) is 0 Å². The van der Waals surface area contributed by atoms with Crippen LogP contribution in [-0.2, 0) is 0 Å². The minimum Gasteiger partial charge on any atom is -0.317 e. The zero-order valence-electron chi connectivity index (χ0n) is 9.68. The second-order valence-corrected chi connectivity index (χ2v) is 4.18. The molecule has 0 aromatic rings. The highest BCUT2D eigenvalue weighted by Crippen LogP contribution is 2.09. The van der Waals surface area contributed by atoms with Gasteiger partial charge in [0.05, 0.1) is 0 Å². The first-order valence-corrected chi connectivity index (χ1v) is 5.91. The average molecular weight is 196 g/mol. The molecule has 1 heterocycles. The molecule has 0 saturated heterocycles. The Morgan fingerprint density at radius 3 is 3.00 bits per heavy atom. The highest BCUT2D eigenvalue weighted by atomic mass is 15.1. The summed E-state index contributed by atoms with van der Waals surface area (Å²) in [5.74, 6) is 0. The van der Waals surface area contributed by atoms with Crippen LogP contribution in [0.3, 0.4) is 0 Å². The molecule has 0 unspecified atom stereocenters. The summed E-state index contributed by atoms with van der Waals surface area (Å²) in [6.07, 6.45) is 6.27. The van der Waals surface area contributed by atoms with Gasteiger partial charge in [0.15, 0.2) is 0 Å². The summed E-state index contributed by atoms with van der Waals surface area (Å²) in [4.78, 5) is 2.57. The van der Waals surface area contributed by atoms with Crippen molar-refractivity contribution < 1.29 is 0 Å². The molecule has 0 saturated carbocycles. The Kier molecular flexibility index (Phi) is 5.88. The standard InChI is InChI=1S/C12H24N2/c1-3-13-8-4-5-9-14-10-6-7-12(2)11-14/h7,13H,3-6,8-11H2,1-2H3. The first kappa shape index (κ1) is 11.7. The summed E-state index contributed by atoms with van der Waals surface area (Å²) in [7, 11) is 0. The van der Waals surface area contributed by atoms with Crippen LogP contribution < -0.4 is 5.32 Å². The van der Waals surface area contributed by atoms with Gasteiger partial charge in [-0.2, -0.15) is 0 Å². The van der Waals surface area contributed by atoms with Gasteiger partial charge < -0.3 is 5.32 Å². The van der Waals surface area contributed by atoms with Gasteiger partial charge in [0, 0.05) is 13.1 Å². The van der Waals surface area contributed by atoms with Crippen molar-refractivity contribution in [3.8, 4) is 0 Å². The topological polar surface area (TPSA) is 15.3 Å². The van der Waals surface area contributed by atoms with Crippen LogP contribution in [0.1, 0.15) is 33.1 Å². The zero-order chi connectivity index (χ0) is 10.2. The number of nitrogens with one attached hydrogen (secondary N) is 1. The molecule has 0 aromatic heterocycles. The molecule has 1 N–H and O–H groups in total. The van der Waals surface area contributed by atoms with E-state index < -0.39 is 0 Å². The number of hydrogen-bond acceptors (Lipinski definition) is 2. The maximum Gasteiger partial charge on any atom is 0.0190 e. The summed E-state index contributed by atoms with van der Waals surface area (Å²) >= 11 is 0. The van der Waals surface area contributed by atoms with Crippen LogP contribution >= 0.6 is 0 Å². The molecule has 82 valence electrons. The van der Waals surface area contributed by atoms with Gasteiger partial charge in [0.25, 0.3) is 0 Å². The fraction of sp³-hybridized carbons (Fsp3) is 0.833. The van der Waals surface area contributed by atoms with Crippen molar-refractivity contribution in [2.75, 3.05) is 32.7 Å². The summed E-state index contributed by atoms with van der Waals surface area (Å²) in [5, 5.41) is 3.36. The van der Waals surface area contributed by atoms with Gasteiger partial charge >= 0.3 is 0 Å². The van der Waals surface area contributed by atoms with Crippen molar-refractivity contribution in [3.63, 3.8) is 0 Å². The van der Waals surface area contributed by atoms with E-state index in [0.717, 1.165) is 6.54 Å². The lowest BCUT2D eigenvalue weighted by molar-refractivity contribution is 0.283. The van der Waals surface area contributed by atoms with E-state index in [4.69, 9.17) is 0 Å². The maximum atomic E-state index is 3.36. The van der Waals surface area contributed by atoms with Crippen LogP contribution in [0.25, 0.3) is 0 Å². The Morgan fingerprint density at radius 1 is 1.43 bits per heavy atom. The molecule has 1 rings (SSSR count). The smallest absolute Gasteiger partial charge is 0.0190 e. The van der Waals surface area contributed by atoms with Gasteiger partial charge in [-0.15, -0.1) is 0 Å². The Labute approximate surface area is 88.4 Å². The van der Waals surface area contributed by atoms with Gasteiger partial charge in [-0.3, -0.25) is 4.90 Å². The third-order valence-electron chi connectivity index (χ3n) is 2.74. The van der Waals surface area contributed by atoms with Gasteiger partial charge in [-0.05, 0) is 45.8 Å². The first-order valence-electron chi connectivity index (χ1n) is 5.91. The lowest BCUT2D eigenvalue weighted by Crippen LogP contribution is -2.30. The van der Waals surface area contributed by atoms with E-state index in [2.05, 4.69) is 30.1 Å². The van der Waals surface area contributed by atoms with Crippen molar-refractivity contribution in [2.24, 2.45) is 0 Å². The molecule has 1 aliphatic rings. The summed E-state index contributed by atoms with van der Waals surface area (Å²) < 4.78 is 0. The highest BCUT2D eigenvalue weighted by Gasteiger charge is 2.08. The normalized spacial score (nSPS) is 18.3. The third kappa shape index (κ3) is 4.77. The van der Waals surface area contributed by atoms with Gasteiger partial charge in [-0.1, -0.05) is 18.6 Å². The molecule has 0 aromatic carbocycles. The fourth-order valence-corrected chi connectivity index (χ4v) is 1.94. The molecule has 0 aliphatic carbocycles. The molecule has 2 nitrogen and oxygen atoms in total. The SMILES string of the molecule is CCNCCCCN1CCC=C(C)C1. The van der Waals surface area contributed by atoms with Gasteiger partial charge in [-0.25, -0.2) is 0 Å². The molecular formula is C12H24N2. The molecule has 2 heteroatoms. The predicted molar refractivity (Wildman–Crippen MR) is 62.6 cm³/mol. The lowest BCUT2D eigenvalue weighted by Gasteiger charge is -2.25. The second-order valence-electron chi connectivity index (χ2n) is 4.18. The molecule has 0 amide bonds. The van der Waals surface area contributed by atoms with Crippen LogP contribution in [0, 0.1) is 0 Å². The fourth-order valence-electron chi connectivity index (χ4n) is 1.94. The number of nitrogens with zero attached hydrogens (tertiary/aromatic N) is 1. The monoisotopic (exact) mass is 196 g/mol. The Morgan fingerprint density at radius 2 is 2.29 bits per heavy atom. The van der Waals surface area contributed by atoms with Crippen molar-refractivity contribution in [1.29, 1.82) is 0 Å².